The molecule has 0 aliphatic heterocycles. The van der Waals surface area contributed by atoms with E-state index >= 15 is 0 Å². The van der Waals surface area contributed by atoms with E-state index in [1.165, 1.54) is 24.1 Å². The Balaban J connectivity index is 2.24. The molecule has 19 heavy (non-hydrogen) atoms. The monoisotopic (exact) mass is 360 g/mol. The first kappa shape index (κ1) is 15.2. The van der Waals surface area contributed by atoms with Gasteiger partial charge in [0, 0.05) is 23.3 Å². The maximum Gasteiger partial charge on any atom is 0.111 e. The number of benzene rings is 1. The van der Waals surface area contributed by atoms with Gasteiger partial charge >= 0.3 is 0 Å². The number of alkyl halides is 1. The third-order valence-electron chi connectivity index (χ3n) is 3.09. The smallest absolute Gasteiger partial charge is 0.111 e. The Morgan fingerprint density at radius 3 is 2.95 bits per heavy atom. The van der Waals surface area contributed by atoms with Crippen LogP contribution in [0, 0.1) is 0 Å². The standard InChI is InChI=1S/C14H18BrClN2S/c1-19-9-3-2-8-18-13-5-4-11(15)10-12(13)17-14(18)6-7-16/h4-5,10H,2-3,6-9H2,1H3. The van der Waals surface area contributed by atoms with E-state index in [-0.39, 0.29) is 0 Å². The van der Waals surface area contributed by atoms with E-state index in [4.69, 9.17) is 16.6 Å². The van der Waals surface area contributed by atoms with Crippen molar-refractivity contribution in [2.45, 2.75) is 25.8 Å². The number of thioether (sulfide) groups is 1. The minimum Gasteiger partial charge on any atom is -0.328 e. The molecule has 0 unspecified atom stereocenters. The summed E-state index contributed by atoms with van der Waals surface area (Å²) in [4.78, 5) is 4.71. The molecular weight excluding hydrogens is 344 g/mol. The molecular formula is C14H18BrClN2S. The highest BCUT2D eigenvalue weighted by molar-refractivity contribution is 9.10. The number of unbranched alkanes of at least 4 members (excludes halogenated alkanes) is 1. The largest absolute Gasteiger partial charge is 0.328 e. The minimum absolute atomic E-state index is 0.620. The van der Waals surface area contributed by atoms with Gasteiger partial charge in [0.25, 0.3) is 0 Å². The van der Waals surface area contributed by atoms with Crippen molar-refractivity contribution in [2.24, 2.45) is 0 Å². The van der Waals surface area contributed by atoms with E-state index in [9.17, 15) is 0 Å². The van der Waals surface area contributed by atoms with Crippen LogP contribution in [0.25, 0.3) is 11.0 Å². The molecule has 5 heteroatoms. The van der Waals surface area contributed by atoms with Crippen LogP contribution in [0.15, 0.2) is 22.7 Å². The van der Waals surface area contributed by atoms with Crippen LogP contribution in [0.2, 0.25) is 0 Å². The predicted molar refractivity (Wildman–Crippen MR) is 89.5 cm³/mol. The lowest BCUT2D eigenvalue weighted by molar-refractivity contribution is 0.623. The van der Waals surface area contributed by atoms with Crippen LogP contribution in [-0.2, 0) is 13.0 Å². The molecule has 0 spiro atoms. The summed E-state index contributed by atoms with van der Waals surface area (Å²) < 4.78 is 3.40. The van der Waals surface area contributed by atoms with Gasteiger partial charge in [-0.05, 0) is 43.0 Å². The van der Waals surface area contributed by atoms with Crippen LogP contribution in [0.4, 0.5) is 0 Å². The molecule has 0 aliphatic rings. The van der Waals surface area contributed by atoms with Gasteiger partial charge in [-0.25, -0.2) is 4.98 Å². The van der Waals surface area contributed by atoms with Crippen LogP contribution in [0.5, 0.6) is 0 Å². The Bertz CT molecular complexity index is 541. The Hall–Kier alpha value is -0.190. The lowest BCUT2D eigenvalue weighted by Gasteiger charge is -2.08. The number of fused-ring (bicyclic) bond motifs is 1. The summed E-state index contributed by atoms with van der Waals surface area (Å²) >= 11 is 11.3. The van der Waals surface area contributed by atoms with E-state index in [1.54, 1.807) is 0 Å². The molecule has 1 aromatic heterocycles. The lowest BCUT2D eigenvalue weighted by Crippen LogP contribution is -2.05. The normalized spacial score (nSPS) is 11.3. The van der Waals surface area contributed by atoms with Crippen molar-refractivity contribution in [1.29, 1.82) is 0 Å². The fourth-order valence-corrected chi connectivity index (χ4v) is 3.20. The maximum absolute atomic E-state index is 5.88. The van der Waals surface area contributed by atoms with Crippen molar-refractivity contribution in [3.63, 3.8) is 0 Å². The highest BCUT2D eigenvalue weighted by Crippen LogP contribution is 2.22. The van der Waals surface area contributed by atoms with E-state index in [0.29, 0.717) is 5.88 Å². The van der Waals surface area contributed by atoms with Crippen LogP contribution < -0.4 is 0 Å². The Labute approximate surface area is 132 Å². The summed E-state index contributed by atoms with van der Waals surface area (Å²) in [7, 11) is 0. The van der Waals surface area contributed by atoms with Crippen LogP contribution in [-0.4, -0.2) is 27.4 Å². The molecule has 1 heterocycles. The Kier molecular flexibility index (Phi) is 6.05. The first-order valence-corrected chi connectivity index (χ1v) is 9.18. The molecule has 0 radical (unpaired) electrons. The van der Waals surface area contributed by atoms with Gasteiger partial charge in [-0.15, -0.1) is 11.6 Å². The molecule has 1 aromatic carbocycles. The molecule has 0 bridgehead atoms. The fourth-order valence-electron chi connectivity index (χ4n) is 2.19. The molecule has 0 fully saturated rings. The molecule has 104 valence electrons. The van der Waals surface area contributed by atoms with Crippen molar-refractivity contribution in [3.8, 4) is 0 Å². The van der Waals surface area contributed by atoms with E-state index < -0.39 is 0 Å². The number of nitrogens with zero attached hydrogens (tertiary/aromatic N) is 2. The summed E-state index contributed by atoms with van der Waals surface area (Å²) in [5.41, 5.74) is 2.27. The van der Waals surface area contributed by atoms with E-state index in [0.717, 1.165) is 28.8 Å². The van der Waals surface area contributed by atoms with Crippen molar-refractivity contribution in [1.82, 2.24) is 9.55 Å². The van der Waals surface area contributed by atoms with Gasteiger partial charge in [-0.3, -0.25) is 0 Å². The molecule has 2 rings (SSSR count). The van der Waals surface area contributed by atoms with Gasteiger partial charge in [0.1, 0.15) is 5.82 Å². The van der Waals surface area contributed by atoms with E-state index in [2.05, 4.69) is 45.0 Å². The third-order valence-corrected chi connectivity index (χ3v) is 4.47. The van der Waals surface area contributed by atoms with Gasteiger partial charge < -0.3 is 4.57 Å². The summed E-state index contributed by atoms with van der Waals surface area (Å²) in [6.07, 6.45) is 5.43. The number of hydrogen-bond donors (Lipinski definition) is 0. The average Bonchev–Trinajstić information content (AvgIpc) is 2.72. The number of aromatic nitrogens is 2. The molecule has 0 N–H and O–H groups in total. The van der Waals surface area contributed by atoms with Crippen molar-refractivity contribution in [3.05, 3.63) is 28.5 Å². The van der Waals surface area contributed by atoms with Gasteiger partial charge in [-0.2, -0.15) is 11.8 Å². The first-order chi connectivity index (χ1) is 9.26. The van der Waals surface area contributed by atoms with Crippen molar-refractivity contribution >= 4 is 50.3 Å². The Morgan fingerprint density at radius 1 is 1.37 bits per heavy atom. The number of aryl methyl sites for hydroxylation is 2. The van der Waals surface area contributed by atoms with Crippen LogP contribution >= 0.6 is 39.3 Å². The van der Waals surface area contributed by atoms with Crippen LogP contribution in [0.1, 0.15) is 18.7 Å². The summed E-state index contributed by atoms with van der Waals surface area (Å²) in [5.74, 6) is 2.95. The van der Waals surface area contributed by atoms with Gasteiger partial charge in [0.15, 0.2) is 0 Å². The van der Waals surface area contributed by atoms with Gasteiger partial charge in [-0.1, -0.05) is 15.9 Å². The molecule has 2 aromatic rings. The second-order valence-corrected chi connectivity index (χ2v) is 6.73. The molecule has 0 saturated heterocycles. The molecule has 0 atom stereocenters. The minimum atomic E-state index is 0.620. The molecule has 0 aliphatic carbocycles. The molecule has 2 nitrogen and oxygen atoms in total. The van der Waals surface area contributed by atoms with Gasteiger partial charge in [0.05, 0.1) is 11.0 Å². The first-order valence-electron chi connectivity index (χ1n) is 6.46. The zero-order chi connectivity index (χ0) is 13.7. The summed E-state index contributed by atoms with van der Waals surface area (Å²) in [5, 5.41) is 0. The molecule has 0 amide bonds. The SMILES string of the molecule is CSCCCCn1c(CCCl)nc2cc(Br)ccc21. The zero-order valence-electron chi connectivity index (χ0n) is 11.0. The fraction of sp³-hybridized carbons (Fsp3) is 0.500. The number of halogens is 2. The average molecular weight is 362 g/mol. The predicted octanol–water partition coefficient (Wildman–Crippen LogP) is 4.72. The van der Waals surface area contributed by atoms with Crippen LogP contribution in [0.3, 0.4) is 0 Å². The number of hydrogen-bond acceptors (Lipinski definition) is 2. The third kappa shape index (κ3) is 3.89. The maximum atomic E-state index is 5.88. The highest BCUT2D eigenvalue weighted by Gasteiger charge is 2.10. The lowest BCUT2D eigenvalue weighted by atomic mass is 10.3. The summed E-state index contributed by atoms with van der Waals surface area (Å²) in [6.45, 7) is 1.03. The van der Waals surface area contributed by atoms with Crippen molar-refractivity contribution in [2.75, 3.05) is 17.9 Å². The Morgan fingerprint density at radius 2 is 2.21 bits per heavy atom. The number of imidazole rings is 1. The quantitative estimate of drug-likeness (QED) is 0.524. The van der Waals surface area contributed by atoms with E-state index in [1.807, 2.05) is 11.8 Å². The van der Waals surface area contributed by atoms with Gasteiger partial charge in [0.2, 0.25) is 0 Å². The number of rotatable bonds is 7. The summed E-state index contributed by atoms with van der Waals surface area (Å²) in [6, 6.07) is 6.29. The van der Waals surface area contributed by atoms with Crippen molar-refractivity contribution < 1.29 is 0 Å². The highest BCUT2D eigenvalue weighted by atomic mass is 79.9. The topological polar surface area (TPSA) is 17.8 Å². The second kappa shape index (κ2) is 7.55. The second-order valence-electron chi connectivity index (χ2n) is 4.45. The molecule has 0 saturated carbocycles. The zero-order valence-corrected chi connectivity index (χ0v) is 14.2.